The van der Waals surface area contributed by atoms with Crippen molar-refractivity contribution in [2.75, 3.05) is 24.5 Å². The van der Waals surface area contributed by atoms with Crippen LogP contribution in [0, 0.1) is 5.92 Å². The summed E-state index contributed by atoms with van der Waals surface area (Å²) in [5.41, 5.74) is 1.04. The molecule has 0 bridgehead atoms. The summed E-state index contributed by atoms with van der Waals surface area (Å²) in [6, 6.07) is 10.1. The number of para-hydroxylation sites is 1. The van der Waals surface area contributed by atoms with E-state index in [2.05, 4.69) is 12.2 Å². The van der Waals surface area contributed by atoms with Crippen molar-refractivity contribution in [3.63, 3.8) is 0 Å². The van der Waals surface area contributed by atoms with E-state index in [4.69, 9.17) is 0 Å². The monoisotopic (exact) mass is 274 g/mol. The molecule has 1 N–H and O–H groups in total. The van der Waals surface area contributed by atoms with E-state index in [1.807, 2.05) is 35.2 Å². The number of unbranched alkanes of at least 4 members (excludes halogenated alkanes) is 1. The van der Waals surface area contributed by atoms with Gasteiger partial charge in [-0.1, -0.05) is 31.5 Å². The Labute approximate surface area is 122 Å². The van der Waals surface area contributed by atoms with Gasteiger partial charge < -0.3 is 10.2 Å². The van der Waals surface area contributed by atoms with Gasteiger partial charge in [-0.25, -0.2) is 0 Å². The predicted octanol–water partition coefficient (Wildman–Crippen LogP) is 3.21. The van der Waals surface area contributed by atoms with Crippen molar-refractivity contribution in [3.05, 3.63) is 30.3 Å². The second-order valence-corrected chi connectivity index (χ2v) is 5.65. The molecule has 1 aromatic rings. The fourth-order valence-corrected chi connectivity index (χ4v) is 2.78. The molecule has 0 spiro atoms. The van der Waals surface area contributed by atoms with Crippen molar-refractivity contribution in [1.82, 2.24) is 5.32 Å². The first-order valence-electron chi connectivity index (χ1n) is 7.87. The van der Waals surface area contributed by atoms with Crippen molar-refractivity contribution in [2.24, 2.45) is 5.92 Å². The van der Waals surface area contributed by atoms with Crippen LogP contribution in [-0.2, 0) is 4.79 Å². The molecular formula is C17H26N2O. The molecule has 3 heteroatoms. The third kappa shape index (κ3) is 4.34. The predicted molar refractivity (Wildman–Crippen MR) is 83.9 cm³/mol. The molecule has 3 nitrogen and oxygen atoms in total. The zero-order chi connectivity index (χ0) is 14.2. The third-order valence-corrected chi connectivity index (χ3v) is 3.97. The van der Waals surface area contributed by atoms with Gasteiger partial charge in [-0.15, -0.1) is 0 Å². The second-order valence-electron chi connectivity index (χ2n) is 5.65. The van der Waals surface area contributed by atoms with E-state index < -0.39 is 0 Å². The van der Waals surface area contributed by atoms with Crippen LogP contribution in [0.3, 0.4) is 0 Å². The highest BCUT2D eigenvalue weighted by Gasteiger charge is 2.21. The van der Waals surface area contributed by atoms with Gasteiger partial charge in [0.1, 0.15) is 0 Å². The number of nitrogens with zero attached hydrogens (tertiary/aromatic N) is 1. The Morgan fingerprint density at radius 1 is 1.35 bits per heavy atom. The molecule has 1 fully saturated rings. The Kier molecular flexibility index (Phi) is 6.06. The molecule has 2 rings (SSSR count). The second kappa shape index (κ2) is 8.05. The third-order valence-electron chi connectivity index (χ3n) is 3.97. The first-order valence-corrected chi connectivity index (χ1v) is 7.87. The van der Waals surface area contributed by atoms with Gasteiger partial charge in [-0.3, -0.25) is 4.79 Å². The molecule has 1 saturated heterocycles. The summed E-state index contributed by atoms with van der Waals surface area (Å²) in [4.78, 5) is 14.6. The number of amides is 1. The highest BCUT2D eigenvalue weighted by Crippen LogP contribution is 2.20. The quantitative estimate of drug-likeness (QED) is 0.864. The largest absolute Gasteiger partial charge is 0.316 e. The van der Waals surface area contributed by atoms with Gasteiger partial charge in [0.05, 0.1) is 0 Å². The van der Waals surface area contributed by atoms with Crippen LogP contribution in [0.4, 0.5) is 5.69 Å². The number of piperidine rings is 1. The standard InChI is InChI=1S/C17H26N2O/c1-2-3-12-19(16-9-5-4-6-10-16)17(20)13-15-8-7-11-18-14-15/h4-6,9-10,15,18H,2-3,7-8,11-14H2,1H3. The van der Waals surface area contributed by atoms with Crippen LogP contribution < -0.4 is 10.2 Å². The molecule has 0 radical (unpaired) electrons. The van der Waals surface area contributed by atoms with E-state index in [1.165, 1.54) is 12.8 Å². The first-order chi connectivity index (χ1) is 9.81. The number of hydrogen-bond acceptors (Lipinski definition) is 2. The number of nitrogens with one attached hydrogen (secondary N) is 1. The number of hydrogen-bond donors (Lipinski definition) is 1. The van der Waals surface area contributed by atoms with Gasteiger partial charge in [0, 0.05) is 18.7 Å². The normalized spacial score (nSPS) is 18.8. The lowest BCUT2D eigenvalue weighted by molar-refractivity contribution is -0.119. The molecule has 1 aliphatic rings. The van der Waals surface area contributed by atoms with Crippen molar-refractivity contribution < 1.29 is 4.79 Å². The molecule has 20 heavy (non-hydrogen) atoms. The van der Waals surface area contributed by atoms with Gasteiger partial charge in [-0.05, 0) is 50.4 Å². The van der Waals surface area contributed by atoms with Crippen molar-refractivity contribution >= 4 is 11.6 Å². The maximum atomic E-state index is 12.6. The average molecular weight is 274 g/mol. The molecule has 110 valence electrons. The van der Waals surface area contributed by atoms with Crippen LogP contribution >= 0.6 is 0 Å². The topological polar surface area (TPSA) is 32.3 Å². The minimum absolute atomic E-state index is 0.276. The zero-order valence-corrected chi connectivity index (χ0v) is 12.5. The minimum Gasteiger partial charge on any atom is -0.316 e. The molecule has 1 atom stereocenters. The van der Waals surface area contributed by atoms with Crippen LogP contribution in [0.1, 0.15) is 39.0 Å². The van der Waals surface area contributed by atoms with Crippen molar-refractivity contribution in [1.29, 1.82) is 0 Å². The number of benzene rings is 1. The van der Waals surface area contributed by atoms with Gasteiger partial charge in [-0.2, -0.15) is 0 Å². The van der Waals surface area contributed by atoms with E-state index >= 15 is 0 Å². The van der Waals surface area contributed by atoms with E-state index in [0.717, 1.165) is 38.2 Å². The summed E-state index contributed by atoms with van der Waals surface area (Å²) in [7, 11) is 0. The first kappa shape index (κ1) is 15.0. The molecule has 1 unspecified atom stereocenters. The lowest BCUT2D eigenvalue weighted by Crippen LogP contribution is -2.37. The van der Waals surface area contributed by atoms with Gasteiger partial charge in [0.25, 0.3) is 0 Å². The lowest BCUT2D eigenvalue weighted by atomic mass is 9.95. The summed E-state index contributed by atoms with van der Waals surface area (Å²) in [6.07, 6.45) is 5.21. The van der Waals surface area contributed by atoms with Crippen LogP contribution in [0.25, 0.3) is 0 Å². The summed E-state index contributed by atoms with van der Waals surface area (Å²) in [6.45, 7) is 5.09. The van der Waals surface area contributed by atoms with E-state index in [1.54, 1.807) is 0 Å². The molecule has 0 saturated carbocycles. The Morgan fingerprint density at radius 2 is 2.15 bits per heavy atom. The fraction of sp³-hybridized carbons (Fsp3) is 0.588. The molecule has 1 aliphatic heterocycles. The number of anilines is 1. The number of carbonyl (C=O) groups is 1. The smallest absolute Gasteiger partial charge is 0.227 e. The fourth-order valence-electron chi connectivity index (χ4n) is 2.78. The van der Waals surface area contributed by atoms with E-state index in [9.17, 15) is 4.79 Å². The zero-order valence-electron chi connectivity index (χ0n) is 12.5. The molecular weight excluding hydrogens is 248 g/mol. The van der Waals surface area contributed by atoms with Gasteiger partial charge in [0.2, 0.25) is 5.91 Å². The maximum absolute atomic E-state index is 12.6. The molecule has 0 aliphatic carbocycles. The van der Waals surface area contributed by atoms with Crippen LogP contribution in [0.15, 0.2) is 30.3 Å². The summed E-state index contributed by atoms with van der Waals surface area (Å²) in [5.74, 6) is 0.780. The summed E-state index contributed by atoms with van der Waals surface area (Å²) >= 11 is 0. The lowest BCUT2D eigenvalue weighted by Gasteiger charge is -2.27. The molecule has 1 heterocycles. The molecule has 1 amide bonds. The maximum Gasteiger partial charge on any atom is 0.227 e. The highest BCUT2D eigenvalue weighted by atomic mass is 16.2. The molecule has 1 aromatic carbocycles. The minimum atomic E-state index is 0.276. The van der Waals surface area contributed by atoms with Crippen LogP contribution in [0.2, 0.25) is 0 Å². The number of carbonyl (C=O) groups excluding carboxylic acids is 1. The summed E-state index contributed by atoms with van der Waals surface area (Å²) in [5, 5.41) is 3.39. The molecule has 0 aromatic heterocycles. The van der Waals surface area contributed by atoms with Crippen LogP contribution in [-0.4, -0.2) is 25.5 Å². The van der Waals surface area contributed by atoms with Crippen LogP contribution in [0.5, 0.6) is 0 Å². The van der Waals surface area contributed by atoms with Crippen molar-refractivity contribution in [2.45, 2.75) is 39.0 Å². The van der Waals surface area contributed by atoms with E-state index in [-0.39, 0.29) is 5.91 Å². The Hall–Kier alpha value is -1.35. The Morgan fingerprint density at radius 3 is 2.80 bits per heavy atom. The summed E-state index contributed by atoms with van der Waals surface area (Å²) < 4.78 is 0. The van der Waals surface area contributed by atoms with E-state index in [0.29, 0.717) is 12.3 Å². The Balaban J connectivity index is 1.99. The van der Waals surface area contributed by atoms with Gasteiger partial charge >= 0.3 is 0 Å². The number of rotatable bonds is 6. The average Bonchev–Trinajstić information content (AvgIpc) is 2.50. The SMILES string of the molecule is CCCCN(C(=O)CC1CCCNC1)c1ccccc1. The Bertz CT molecular complexity index is 399. The van der Waals surface area contributed by atoms with Gasteiger partial charge in [0.15, 0.2) is 0 Å². The highest BCUT2D eigenvalue weighted by molar-refractivity contribution is 5.93. The van der Waals surface area contributed by atoms with Crippen molar-refractivity contribution in [3.8, 4) is 0 Å².